The van der Waals surface area contributed by atoms with E-state index in [0.29, 0.717) is 13.1 Å². The highest BCUT2D eigenvalue weighted by Gasteiger charge is 2.35. The number of methoxy groups -OCH3 is 1. The fourth-order valence-corrected chi connectivity index (χ4v) is 2.42. The number of halogens is 1. The molecule has 2 rings (SSSR count). The topological polar surface area (TPSA) is 38.3 Å². The molecule has 17 heavy (non-hydrogen) atoms. The SMILES string of the molecule is COC(=O)C1CNCC1c1cc(F)ccc1C. The number of esters is 1. The quantitative estimate of drug-likeness (QED) is 0.794. The number of nitrogens with one attached hydrogen (secondary N) is 1. The Morgan fingerprint density at radius 3 is 2.94 bits per heavy atom. The van der Waals surface area contributed by atoms with Crippen molar-refractivity contribution in [2.24, 2.45) is 5.92 Å². The molecule has 2 unspecified atom stereocenters. The van der Waals surface area contributed by atoms with E-state index in [4.69, 9.17) is 4.74 Å². The first-order chi connectivity index (χ1) is 8.13. The van der Waals surface area contributed by atoms with E-state index in [2.05, 4.69) is 5.32 Å². The van der Waals surface area contributed by atoms with Gasteiger partial charge in [0.1, 0.15) is 5.82 Å². The molecule has 0 amide bonds. The molecule has 3 nitrogen and oxygen atoms in total. The van der Waals surface area contributed by atoms with Gasteiger partial charge in [0, 0.05) is 19.0 Å². The summed E-state index contributed by atoms with van der Waals surface area (Å²) in [5, 5.41) is 3.16. The predicted octanol–water partition coefficient (Wildman–Crippen LogP) is 1.61. The minimum Gasteiger partial charge on any atom is -0.469 e. The van der Waals surface area contributed by atoms with Crippen molar-refractivity contribution < 1.29 is 13.9 Å². The molecule has 1 aromatic carbocycles. The number of hydrogen-bond acceptors (Lipinski definition) is 3. The van der Waals surface area contributed by atoms with Gasteiger partial charge in [-0.25, -0.2) is 4.39 Å². The van der Waals surface area contributed by atoms with Crippen LogP contribution in [0.3, 0.4) is 0 Å². The fraction of sp³-hybridized carbons (Fsp3) is 0.462. The Bertz CT molecular complexity index is 433. The lowest BCUT2D eigenvalue weighted by molar-refractivity contribution is -0.145. The minimum atomic E-state index is -0.263. The van der Waals surface area contributed by atoms with Gasteiger partial charge in [-0.3, -0.25) is 4.79 Å². The molecule has 1 fully saturated rings. The summed E-state index contributed by atoms with van der Waals surface area (Å²) >= 11 is 0. The van der Waals surface area contributed by atoms with Crippen molar-refractivity contribution in [1.29, 1.82) is 0 Å². The van der Waals surface area contributed by atoms with Gasteiger partial charge < -0.3 is 10.1 Å². The van der Waals surface area contributed by atoms with Gasteiger partial charge in [0.2, 0.25) is 0 Å². The average molecular weight is 237 g/mol. The summed E-state index contributed by atoms with van der Waals surface area (Å²) in [7, 11) is 1.39. The van der Waals surface area contributed by atoms with Crippen molar-refractivity contribution in [1.82, 2.24) is 5.32 Å². The van der Waals surface area contributed by atoms with E-state index in [1.165, 1.54) is 19.2 Å². The molecule has 0 aliphatic carbocycles. The molecule has 4 heteroatoms. The maximum Gasteiger partial charge on any atom is 0.310 e. The zero-order chi connectivity index (χ0) is 12.4. The smallest absolute Gasteiger partial charge is 0.310 e. The Morgan fingerprint density at radius 2 is 2.24 bits per heavy atom. The predicted molar refractivity (Wildman–Crippen MR) is 62.3 cm³/mol. The molecule has 0 aromatic heterocycles. The molecule has 1 saturated heterocycles. The van der Waals surface area contributed by atoms with E-state index in [-0.39, 0.29) is 23.6 Å². The lowest BCUT2D eigenvalue weighted by Gasteiger charge is -2.18. The normalized spacial score (nSPS) is 23.7. The third kappa shape index (κ3) is 2.31. The first kappa shape index (κ1) is 12.0. The van der Waals surface area contributed by atoms with Gasteiger partial charge in [-0.15, -0.1) is 0 Å². The number of benzene rings is 1. The van der Waals surface area contributed by atoms with Crippen LogP contribution in [0.5, 0.6) is 0 Å². The summed E-state index contributed by atoms with van der Waals surface area (Å²) in [5.74, 6) is -0.719. The van der Waals surface area contributed by atoms with Gasteiger partial charge in [-0.2, -0.15) is 0 Å². The van der Waals surface area contributed by atoms with Crippen LogP contribution in [0.2, 0.25) is 0 Å². The second-order valence-electron chi connectivity index (χ2n) is 4.40. The summed E-state index contributed by atoms with van der Waals surface area (Å²) in [6.45, 7) is 3.21. The van der Waals surface area contributed by atoms with E-state index in [0.717, 1.165) is 11.1 Å². The zero-order valence-corrected chi connectivity index (χ0v) is 10.00. The molecule has 0 bridgehead atoms. The third-order valence-electron chi connectivity index (χ3n) is 3.36. The number of carbonyl (C=O) groups excluding carboxylic acids is 1. The standard InChI is InChI=1S/C13H16FNO2/c1-8-3-4-9(14)5-10(8)11-6-15-7-12(11)13(16)17-2/h3-5,11-12,15H,6-7H2,1-2H3. The van der Waals surface area contributed by atoms with Crippen molar-refractivity contribution >= 4 is 5.97 Å². The summed E-state index contributed by atoms with van der Waals surface area (Å²) in [6.07, 6.45) is 0. The monoisotopic (exact) mass is 237 g/mol. The number of ether oxygens (including phenoxy) is 1. The summed E-state index contributed by atoms with van der Waals surface area (Å²) in [5.41, 5.74) is 1.90. The number of aryl methyl sites for hydroxylation is 1. The Hall–Kier alpha value is -1.42. The van der Waals surface area contributed by atoms with Gasteiger partial charge in [-0.05, 0) is 30.2 Å². The first-order valence-electron chi connectivity index (χ1n) is 5.68. The van der Waals surface area contributed by atoms with Gasteiger partial charge in [-0.1, -0.05) is 6.07 Å². The Kier molecular flexibility index (Phi) is 3.43. The summed E-state index contributed by atoms with van der Waals surface area (Å²) in [6, 6.07) is 4.70. The van der Waals surface area contributed by atoms with Crippen LogP contribution in [0.15, 0.2) is 18.2 Å². The Balaban J connectivity index is 2.32. The molecule has 92 valence electrons. The van der Waals surface area contributed by atoms with Crippen molar-refractivity contribution in [2.45, 2.75) is 12.8 Å². The minimum absolute atomic E-state index is 0.00171. The third-order valence-corrected chi connectivity index (χ3v) is 3.36. The van der Waals surface area contributed by atoms with E-state index < -0.39 is 0 Å². The Morgan fingerprint density at radius 1 is 1.47 bits per heavy atom. The number of rotatable bonds is 2. The molecule has 1 aliphatic heterocycles. The van der Waals surface area contributed by atoms with Crippen LogP contribution in [-0.2, 0) is 9.53 Å². The number of hydrogen-bond donors (Lipinski definition) is 1. The van der Waals surface area contributed by atoms with Crippen LogP contribution in [0.1, 0.15) is 17.0 Å². The lowest BCUT2D eigenvalue weighted by atomic mass is 9.86. The van der Waals surface area contributed by atoms with E-state index in [1.807, 2.05) is 6.92 Å². The van der Waals surface area contributed by atoms with Crippen molar-refractivity contribution in [2.75, 3.05) is 20.2 Å². The highest BCUT2D eigenvalue weighted by atomic mass is 19.1. The van der Waals surface area contributed by atoms with Gasteiger partial charge in [0.15, 0.2) is 0 Å². The van der Waals surface area contributed by atoms with Gasteiger partial charge in [0.25, 0.3) is 0 Å². The molecule has 1 aliphatic rings. The zero-order valence-electron chi connectivity index (χ0n) is 10.00. The van der Waals surface area contributed by atoms with Crippen LogP contribution in [0, 0.1) is 18.7 Å². The number of carbonyl (C=O) groups is 1. The molecular formula is C13H16FNO2. The van der Waals surface area contributed by atoms with E-state index in [9.17, 15) is 9.18 Å². The van der Waals surface area contributed by atoms with Crippen molar-refractivity contribution in [3.63, 3.8) is 0 Å². The van der Waals surface area contributed by atoms with Crippen molar-refractivity contribution in [3.05, 3.63) is 35.1 Å². The fourth-order valence-electron chi connectivity index (χ4n) is 2.42. The van der Waals surface area contributed by atoms with Crippen LogP contribution in [0.4, 0.5) is 4.39 Å². The highest BCUT2D eigenvalue weighted by Crippen LogP contribution is 2.31. The van der Waals surface area contributed by atoms with E-state index in [1.54, 1.807) is 6.07 Å². The molecule has 1 heterocycles. The van der Waals surface area contributed by atoms with Gasteiger partial charge >= 0.3 is 5.97 Å². The van der Waals surface area contributed by atoms with Crippen LogP contribution in [0.25, 0.3) is 0 Å². The van der Waals surface area contributed by atoms with Crippen molar-refractivity contribution in [3.8, 4) is 0 Å². The van der Waals surface area contributed by atoms with Crippen LogP contribution >= 0.6 is 0 Å². The summed E-state index contributed by atoms with van der Waals surface area (Å²) in [4.78, 5) is 11.6. The highest BCUT2D eigenvalue weighted by molar-refractivity contribution is 5.74. The Labute approximate surface area is 100.0 Å². The molecular weight excluding hydrogens is 221 g/mol. The molecule has 1 aromatic rings. The molecule has 1 N–H and O–H groups in total. The molecule has 0 radical (unpaired) electrons. The molecule has 2 atom stereocenters. The average Bonchev–Trinajstić information content (AvgIpc) is 2.80. The largest absolute Gasteiger partial charge is 0.469 e. The summed E-state index contributed by atoms with van der Waals surface area (Å²) < 4.78 is 18.1. The van der Waals surface area contributed by atoms with E-state index >= 15 is 0 Å². The van der Waals surface area contributed by atoms with Crippen LogP contribution in [-0.4, -0.2) is 26.2 Å². The maximum atomic E-state index is 13.3. The molecule has 0 spiro atoms. The maximum absolute atomic E-state index is 13.3. The van der Waals surface area contributed by atoms with Crippen LogP contribution < -0.4 is 5.32 Å². The van der Waals surface area contributed by atoms with Gasteiger partial charge in [0.05, 0.1) is 13.0 Å². The molecule has 0 saturated carbocycles. The first-order valence-corrected chi connectivity index (χ1v) is 5.68. The second kappa shape index (κ2) is 4.84. The second-order valence-corrected chi connectivity index (χ2v) is 4.40. The lowest BCUT2D eigenvalue weighted by Crippen LogP contribution is -2.23.